The average Bonchev–Trinajstić information content (AvgIpc) is 2.84. The number of likely N-dealkylation sites (tertiary alicyclic amines) is 1. The number of hydrogen-bond donors (Lipinski definition) is 1. The van der Waals surface area contributed by atoms with Crippen molar-refractivity contribution in [3.05, 3.63) is 0 Å². The standard InChI is InChI=1S/C18H31NO5/c1-2-3-4-5-6-8-11-15-14-16(20)19(18(15)22)13-10-7-9-12-17(21)24-23/h15,23H,2-14H2,1H3. The molecule has 0 aromatic heterocycles. The number of imide groups is 1. The summed E-state index contributed by atoms with van der Waals surface area (Å²) >= 11 is 0. The average molecular weight is 341 g/mol. The first-order valence-corrected chi connectivity index (χ1v) is 9.28. The van der Waals surface area contributed by atoms with Crippen LogP contribution in [0.4, 0.5) is 0 Å². The second kappa shape index (κ2) is 12.0. The van der Waals surface area contributed by atoms with Crippen molar-refractivity contribution in [3.63, 3.8) is 0 Å². The van der Waals surface area contributed by atoms with Gasteiger partial charge in [0.25, 0.3) is 0 Å². The van der Waals surface area contributed by atoms with Crippen LogP contribution in [0.25, 0.3) is 0 Å². The summed E-state index contributed by atoms with van der Waals surface area (Å²) in [6, 6.07) is 0. The molecule has 1 N–H and O–H groups in total. The first kappa shape index (κ1) is 20.6. The Balaban J connectivity index is 2.17. The van der Waals surface area contributed by atoms with E-state index in [0.29, 0.717) is 32.2 Å². The molecule has 0 aliphatic carbocycles. The predicted molar refractivity (Wildman–Crippen MR) is 90.0 cm³/mol. The Kier molecular flexibility index (Phi) is 10.3. The summed E-state index contributed by atoms with van der Waals surface area (Å²) in [7, 11) is 0. The van der Waals surface area contributed by atoms with E-state index < -0.39 is 5.97 Å². The van der Waals surface area contributed by atoms with Crippen molar-refractivity contribution in [2.24, 2.45) is 5.92 Å². The molecule has 138 valence electrons. The second-order valence-corrected chi connectivity index (χ2v) is 6.62. The van der Waals surface area contributed by atoms with Gasteiger partial charge in [0.2, 0.25) is 11.8 Å². The number of amides is 2. The molecule has 1 unspecified atom stereocenters. The molecule has 1 rings (SSSR count). The molecule has 0 bridgehead atoms. The van der Waals surface area contributed by atoms with Gasteiger partial charge in [0.05, 0.1) is 0 Å². The molecule has 1 fully saturated rings. The van der Waals surface area contributed by atoms with Crippen LogP contribution in [-0.2, 0) is 19.3 Å². The van der Waals surface area contributed by atoms with Gasteiger partial charge in [-0.05, 0) is 19.3 Å². The Labute approximate surface area is 144 Å². The summed E-state index contributed by atoms with van der Waals surface area (Å²) in [6.45, 7) is 2.62. The quantitative estimate of drug-likeness (QED) is 0.239. The largest absolute Gasteiger partial charge is 0.342 e. The second-order valence-electron chi connectivity index (χ2n) is 6.62. The summed E-state index contributed by atoms with van der Waals surface area (Å²) in [4.78, 5) is 40.0. The van der Waals surface area contributed by atoms with Crippen LogP contribution in [-0.4, -0.2) is 34.5 Å². The zero-order valence-electron chi connectivity index (χ0n) is 14.8. The maximum absolute atomic E-state index is 12.3. The SMILES string of the molecule is CCCCCCCCC1CC(=O)N(CCCCCC(=O)OO)C1=O. The molecule has 1 aliphatic rings. The third kappa shape index (κ3) is 7.43. The van der Waals surface area contributed by atoms with Crippen LogP contribution in [0.1, 0.15) is 84.0 Å². The zero-order valence-corrected chi connectivity index (χ0v) is 14.8. The minimum atomic E-state index is -0.651. The van der Waals surface area contributed by atoms with E-state index in [-0.39, 0.29) is 24.2 Å². The molecular formula is C18H31NO5. The maximum atomic E-state index is 12.3. The van der Waals surface area contributed by atoms with Gasteiger partial charge in [-0.3, -0.25) is 14.5 Å². The Morgan fingerprint density at radius 1 is 1.08 bits per heavy atom. The van der Waals surface area contributed by atoms with Crippen LogP contribution >= 0.6 is 0 Å². The van der Waals surface area contributed by atoms with E-state index >= 15 is 0 Å². The van der Waals surface area contributed by atoms with Gasteiger partial charge in [0, 0.05) is 25.3 Å². The molecule has 1 atom stereocenters. The van der Waals surface area contributed by atoms with Gasteiger partial charge in [0.15, 0.2) is 0 Å². The lowest BCUT2D eigenvalue weighted by Gasteiger charge is -2.14. The number of carbonyl (C=O) groups is 3. The Bertz CT molecular complexity index is 410. The lowest BCUT2D eigenvalue weighted by Crippen LogP contribution is -2.31. The highest BCUT2D eigenvalue weighted by atomic mass is 17.1. The van der Waals surface area contributed by atoms with Crippen LogP contribution in [0.3, 0.4) is 0 Å². The van der Waals surface area contributed by atoms with Crippen molar-refractivity contribution in [1.29, 1.82) is 0 Å². The molecule has 2 amide bonds. The maximum Gasteiger partial charge on any atom is 0.342 e. The summed E-state index contributed by atoms with van der Waals surface area (Å²) in [5.74, 6) is -0.871. The molecule has 6 heteroatoms. The van der Waals surface area contributed by atoms with Crippen molar-refractivity contribution in [2.45, 2.75) is 84.0 Å². The van der Waals surface area contributed by atoms with Gasteiger partial charge >= 0.3 is 5.97 Å². The minimum absolute atomic E-state index is 0.0247. The number of nitrogens with zero attached hydrogens (tertiary/aromatic N) is 1. The van der Waals surface area contributed by atoms with E-state index in [0.717, 1.165) is 19.3 Å². The van der Waals surface area contributed by atoms with E-state index in [9.17, 15) is 14.4 Å². The van der Waals surface area contributed by atoms with Gasteiger partial charge < -0.3 is 4.89 Å². The summed E-state index contributed by atoms with van der Waals surface area (Å²) in [5, 5.41) is 8.15. The molecule has 6 nitrogen and oxygen atoms in total. The molecule has 0 aromatic rings. The number of rotatable bonds is 13. The monoisotopic (exact) mass is 341 g/mol. The van der Waals surface area contributed by atoms with Crippen LogP contribution < -0.4 is 0 Å². The smallest absolute Gasteiger partial charge is 0.301 e. The summed E-state index contributed by atoms with van der Waals surface area (Å²) in [6.07, 6.45) is 10.4. The fourth-order valence-corrected chi connectivity index (χ4v) is 3.14. The molecule has 0 radical (unpaired) electrons. The topological polar surface area (TPSA) is 83.9 Å². The van der Waals surface area contributed by atoms with E-state index in [1.165, 1.54) is 30.6 Å². The number of unbranched alkanes of at least 4 members (excludes halogenated alkanes) is 7. The Morgan fingerprint density at radius 2 is 1.75 bits per heavy atom. The fraction of sp³-hybridized carbons (Fsp3) is 0.833. The molecule has 24 heavy (non-hydrogen) atoms. The molecule has 0 spiro atoms. The molecular weight excluding hydrogens is 310 g/mol. The van der Waals surface area contributed by atoms with E-state index in [1.54, 1.807) is 0 Å². The van der Waals surface area contributed by atoms with Gasteiger partial charge in [0.1, 0.15) is 0 Å². The fourth-order valence-electron chi connectivity index (χ4n) is 3.14. The predicted octanol–water partition coefficient (Wildman–Crippen LogP) is 3.69. The Hall–Kier alpha value is -1.43. The normalized spacial score (nSPS) is 17.6. The van der Waals surface area contributed by atoms with Crippen molar-refractivity contribution in [2.75, 3.05) is 6.54 Å². The van der Waals surface area contributed by atoms with Gasteiger partial charge in [-0.15, -0.1) is 0 Å². The van der Waals surface area contributed by atoms with Crippen molar-refractivity contribution in [1.82, 2.24) is 4.90 Å². The third-order valence-corrected chi connectivity index (χ3v) is 4.61. The molecule has 1 heterocycles. The van der Waals surface area contributed by atoms with Crippen LogP contribution in [0.2, 0.25) is 0 Å². The van der Waals surface area contributed by atoms with Gasteiger partial charge in [-0.25, -0.2) is 4.79 Å². The Morgan fingerprint density at radius 3 is 2.46 bits per heavy atom. The van der Waals surface area contributed by atoms with Crippen molar-refractivity contribution >= 4 is 17.8 Å². The van der Waals surface area contributed by atoms with Crippen molar-refractivity contribution < 1.29 is 24.5 Å². The van der Waals surface area contributed by atoms with Crippen molar-refractivity contribution in [3.8, 4) is 0 Å². The highest BCUT2D eigenvalue weighted by Gasteiger charge is 2.37. The minimum Gasteiger partial charge on any atom is -0.301 e. The van der Waals surface area contributed by atoms with E-state index in [1.807, 2.05) is 0 Å². The number of carbonyl (C=O) groups excluding carboxylic acids is 3. The molecule has 0 aromatic carbocycles. The van der Waals surface area contributed by atoms with Gasteiger partial charge in [-0.2, -0.15) is 5.26 Å². The highest BCUT2D eigenvalue weighted by molar-refractivity contribution is 6.03. The first-order chi connectivity index (χ1) is 11.6. The lowest BCUT2D eigenvalue weighted by molar-refractivity contribution is -0.234. The van der Waals surface area contributed by atoms with E-state index in [4.69, 9.17) is 5.26 Å². The summed E-state index contributed by atoms with van der Waals surface area (Å²) in [5.41, 5.74) is 0. The van der Waals surface area contributed by atoms with Crippen LogP contribution in [0, 0.1) is 5.92 Å². The van der Waals surface area contributed by atoms with Crippen LogP contribution in [0.5, 0.6) is 0 Å². The zero-order chi connectivity index (χ0) is 17.8. The molecule has 1 saturated heterocycles. The molecule has 0 saturated carbocycles. The summed E-state index contributed by atoms with van der Waals surface area (Å²) < 4.78 is 0. The molecule has 1 aliphatic heterocycles. The number of hydrogen-bond acceptors (Lipinski definition) is 5. The van der Waals surface area contributed by atoms with Crippen LogP contribution in [0.15, 0.2) is 0 Å². The van der Waals surface area contributed by atoms with E-state index in [2.05, 4.69) is 11.8 Å². The first-order valence-electron chi connectivity index (χ1n) is 9.28. The third-order valence-electron chi connectivity index (χ3n) is 4.61. The van der Waals surface area contributed by atoms with Gasteiger partial charge in [-0.1, -0.05) is 51.9 Å². The lowest BCUT2D eigenvalue weighted by atomic mass is 9.99. The highest BCUT2D eigenvalue weighted by Crippen LogP contribution is 2.25.